The zero-order chi connectivity index (χ0) is 18.8. The lowest BCUT2D eigenvalue weighted by atomic mass is 10.1. The lowest BCUT2D eigenvalue weighted by Gasteiger charge is -2.09. The molecule has 0 aromatic heterocycles. The lowest BCUT2D eigenvalue weighted by molar-refractivity contribution is -0.123. The molecule has 0 aliphatic rings. The molecule has 0 aliphatic heterocycles. The van der Waals surface area contributed by atoms with Crippen LogP contribution in [0, 0.1) is 0 Å². The van der Waals surface area contributed by atoms with Crippen molar-refractivity contribution in [2.45, 2.75) is 13.3 Å². The number of hydrogen-bond donors (Lipinski definition) is 2. The molecule has 2 rings (SSSR count). The van der Waals surface area contributed by atoms with Gasteiger partial charge in [0.25, 0.3) is 5.91 Å². The summed E-state index contributed by atoms with van der Waals surface area (Å²) >= 11 is 0. The zero-order valence-corrected chi connectivity index (χ0v) is 14.6. The van der Waals surface area contributed by atoms with Gasteiger partial charge in [0.2, 0.25) is 0 Å². The molecule has 6 nitrogen and oxygen atoms in total. The molecule has 0 spiro atoms. The van der Waals surface area contributed by atoms with Gasteiger partial charge in [-0.15, -0.1) is 6.58 Å². The molecule has 2 N–H and O–H groups in total. The number of amides is 1. The van der Waals surface area contributed by atoms with Crippen molar-refractivity contribution in [1.82, 2.24) is 5.43 Å². The first-order chi connectivity index (χ1) is 12.6. The van der Waals surface area contributed by atoms with E-state index in [4.69, 9.17) is 9.47 Å². The summed E-state index contributed by atoms with van der Waals surface area (Å²) in [5, 5.41) is 13.5. The maximum Gasteiger partial charge on any atom is 0.277 e. The highest BCUT2D eigenvalue weighted by Crippen LogP contribution is 2.26. The normalized spacial score (nSPS) is 10.5. The summed E-state index contributed by atoms with van der Waals surface area (Å²) in [6.45, 7) is 5.83. The highest BCUT2D eigenvalue weighted by molar-refractivity contribution is 5.83. The van der Waals surface area contributed by atoms with Gasteiger partial charge in [0, 0.05) is 0 Å². The maximum atomic E-state index is 11.9. The van der Waals surface area contributed by atoms with Crippen molar-refractivity contribution in [1.29, 1.82) is 0 Å². The Hall–Kier alpha value is -3.28. The monoisotopic (exact) mass is 354 g/mol. The summed E-state index contributed by atoms with van der Waals surface area (Å²) < 4.78 is 10.8. The molecular formula is C20H22N2O4. The maximum absolute atomic E-state index is 11.9. The van der Waals surface area contributed by atoms with Crippen molar-refractivity contribution in [3.05, 3.63) is 66.2 Å². The highest BCUT2D eigenvalue weighted by atomic mass is 16.5. The average molecular weight is 354 g/mol. The van der Waals surface area contributed by atoms with Crippen LogP contribution in [0.15, 0.2) is 60.2 Å². The number of phenolic OH excluding ortho intramolecular Hbond substituents is 1. The summed E-state index contributed by atoms with van der Waals surface area (Å²) in [6, 6.07) is 12.3. The second-order valence-corrected chi connectivity index (χ2v) is 5.34. The SMILES string of the molecule is C=CCc1ccccc1OCC(=O)N/N=C/c1ccc(O)c(OCC)c1. The summed E-state index contributed by atoms with van der Waals surface area (Å²) in [6.07, 6.45) is 3.91. The number of rotatable bonds is 9. The minimum absolute atomic E-state index is 0.0552. The molecule has 0 bridgehead atoms. The molecule has 0 fully saturated rings. The quantitative estimate of drug-likeness (QED) is 0.412. The molecule has 2 aromatic rings. The van der Waals surface area contributed by atoms with Gasteiger partial charge in [0.1, 0.15) is 5.75 Å². The fourth-order valence-corrected chi connectivity index (χ4v) is 2.21. The van der Waals surface area contributed by atoms with Crippen LogP contribution in [0.2, 0.25) is 0 Å². The molecule has 1 amide bonds. The Bertz CT molecular complexity index is 787. The third-order valence-electron chi connectivity index (χ3n) is 3.38. The van der Waals surface area contributed by atoms with Gasteiger partial charge < -0.3 is 14.6 Å². The number of ether oxygens (including phenoxy) is 2. The summed E-state index contributed by atoms with van der Waals surface area (Å²) in [5.74, 6) is 0.689. The number of phenols is 1. The Morgan fingerprint density at radius 1 is 1.23 bits per heavy atom. The van der Waals surface area contributed by atoms with E-state index in [9.17, 15) is 9.90 Å². The van der Waals surface area contributed by atoms with Gasteiger partial charge in [0.15, 0.2) is 18.1 Å². The smallest absolute Gasteiger partial charge is 0.277 e. The van der Waals surface area contributed by atoms with Gasteiger partial charge in [-0.1, -0.05) is 24.3 Å². The van der Waals surface area contributed by atoms with Crippen LogP contribution in [0.3, 0.4) is 0 Å². The lowest BCUT2D eigenvalue weighted by Crippen LogP contribution is -2.24. The molecule has 6 heteroatoms. The first kappa shape index (κ1) is 19.1. The molecule has 0 unspecified atom stereocenters. The molecule has 2 aromatic carbocycles. The molecule has 0 saturated heterocycles. The zero-order valence-electron chi connectivity index (χ0n) is 14.6. The number of allylic oxidation sites excluding steroid dienone is 1. The number of aromatic hydroxyl groups is 1. The van der Waals surface area contributed by atoms with E-state index >= 15 is 0 Å². The van der Waals surface area contributed by atoms with Crippen molar-refractivity contribution in [3.8, 4) is 17.2 Å². The third-order valence-corrected chi connectivity index (χ3v) is 3.38. The average Bonchev–Trinajstić information content (AvgIpc) is 2.64. The van der Waals surface area contributed by atoms with E-state index in [2.05, 4.69) is 17.1 Å². The third kappa shape index (κ3) is 5.66. The number of nitrogens with one attached hydrogen (secondary N) is 1. The van der Waals surface area contributed by atoms with Crippen LogP contribution in [0.4, 0.5) is 0 Å². The standard InChI is InChI=1S/C20H22N2O4/c1-3-7-16-8-5-6-9-18(16)26-14-20(24)22-21-13-15-10-11-17(23)19(12-15)25-4-2/h3,5-6,8-13,23H,1,4,7,14H2,2H3,(H,22,24)/b21-13+. The van der Waals surface area contributed by atoms with Gasteiger partial charge in [-0.25, -0.2) is 5.43 Å². The van der Waals surface area contributed by atoms with Crippen molar-refractivity contribution >= 4 is 12.1 Å². The molecular weight excluding hydrogens is 332 g/mol. The molecule has 0 atom stereocenters. The Labute approximate surface area is 152 Å². The van der Waals surface area contributed by atoms with E-state index in [-0.39, 0.29) is 18.3 Å². The Morgan fingerprint density at radius 2 is 2.04 bits per heavy atom. The van der Waals surface area contributed by atoms with Crippen LogP contribution in [0.25, 0.3) is 0 Å². The molecule has 0 heterocycles. The van der Waals surface area contributed by atoms with E-state index in [1.165, 1.54) is 12.3 Å². The predicted molar refractivity (Wildman–Crippen MR) is 101 cm³/mol. The van der Waals surface area contributed by atoms with Crippen molar-refractivity contribution < 1.29 is 19.4 Å². The van der Waals surface area contributed by atoms with Crippen molar-refractivity contribution in [2.75, 3.05) is 13.2 Å². The van der Waals surface area contributed by atoms with E-state index in [1.54, 1.807) is 24.3 Å². The van der Waals surface area contributed by atoms with Crippen LogP contribution in [0.5, 0.6) is 17.2 Å². The second-order valence-electron chi connectivity index (χ2n) is 5.34. The fraction of sp³-hybridized carbons (Fsp3) is 0.200. The number of benzene rings is 2. The largest absolute Gasteiger partial charge is 0.504 e. The van der Waals surface area contributed by atoms with Crippen molar-refractivity contribution in [2.24, 2.45) is 5.10 Å². The van der Waals surface area contributed by atoms with Gasteiger partial charge in [-0.2, -0.15) is 5.10 Å². The molecule has 0 saturated carbocycles. The second kappa shape index (κ2) is 9.88. The number of nitrogens with zero attached hydrogens (tertiary/aromatic N) is 1. The van der Waals surface area contributed by atoms with Gasteiger partial charge >= 0.3 is 0 Å². The highest BCUT2D eigenvalue weighted by Gasteiger charge is 2.05. The minimum Gasteiger partial charge on any atom is -0.504 e. The van der Waals surface area contributed by atoms with E-state index in [0.717, 1.165) is 5.56 Å². The Balaban J connectivity index is 1.88. The summed E-state index contributed by atoms with van der Waals surface area (Å²) in [5.41, 5.74) is 4.05. The van der Waals surface area contributed by atoms with Crippen LogP contribution in [-0.2, 0) is 11.2 Å². The number of carbonyl (C=O) groups excluding carboxylic acids is 1. The van der Waals surface area contributed by atoms with Crippen LogP contribution in [0.1, 0.15) is 18.1 Å². The topological polar surface area (TPSA) is 80.2 Å². The van der Waals surface area contributed by atoms with Gasteiger partial charge in [-0.05, 0) is 48.7 Å². The van der Waals surface area contributed by atoms with E-state index in [0.29, 0.717) is 30.1 Å². The van der Waals surface area contributed by atoms with Crippen LogP contribution in [-0.4, -0.2) is 30.4 Å². The molecule has 136 valence electrons. The van der Waals surface area contributed by atoms with Gasteiger partial charge in [-0.3, -0.25) is 4.79 Å². The van der Waals surface area contributed by atoms with Crippen LogP contribution >= 0.6 is 0 Å². The molecule has 0 aliphatic carbocycles. The Kier molecular flexibility index (Phi) is 7.24. The van der Waals surface area contributed by atoms with Crippen molar-refractivity contribution in [3.63, 3.8) is 0 Å². The number of hydrogen-bond acceptors (Lipinski definition) is 5. The number of hydrazone groups is 1. The van der Waals surface area contributed by atoms with Crippen LogP contribution < -0.4 is 14.9 Å². The van der Waals surface area contributed by atoms with Gasteiger partial charge in [0.05, 0.1) is 12.8 Å². The summed E-state index contributed by atoms with van der Waals surface area (Å²) in [7, 11) is 0. The number of para-hydroxylation sites is 1. The first-order valence-electron chi connectivity index (χ1n) is 8.23. The van der Waals surface area contributed by atoms with E-state index in [1.807, 2.05) is 25.1 Å². The minimum atomic E-state index is -0.376. The predicted octanol–water partition coefficient (Wildman–Crippen LogP) is 3.05. The van der Waals surface area contributed by atoms with E-state index < -0.39 is 0 Å². The number of carbonyl (C=O) groups is 1. The fourth-order valence-electron chi connectivity index (χ4n) is 2.21. The molecule has 26 heavy (non-hydrogen) atoms. The molecule has 0 radical (unpaired) electrons. The first-order valence-corrected chi connectivity index (χ1v) is 8.23. The summed E-state index contributed by atoms with van der Waals surface area (Å²) in [4.78, 5) is 11.9. The Morgan fingerprint density at radius 3 is 2.81 bits per heavy atom.